The first kappa shape index (κ1) is 19.6. The van der Waals surface area contributed by atoms with Gasteiger partial charge in [0.15, 0.2) is 5.76 Å². The summed E-state index contributed by atoms with van der Waals surface area (Å²) in [5.41, 5.74) is 10.3. The van der Waals surface area contributed by atoms with Crippen molar-refractivity contribution in [2.75, 3.05) is 12.8 Å². The minimum absolute atomic E-state index is 0.368. The first-order chi connectivity index (χ1) is 14.7. The molecular weight excluding hydrogens is 380 g/mol. The summed E-state index contributed by atoms with van der Waals surface area (Å²) in [6.45, 7) is 0.806. The van der Waals surface area contributed by atoms with Crippen LogP contribution in [-0.2, 0) is 24.4 Å². The molecule has 7 heteroatoms. The first-order valence-electron chi connectivity index (χ1n) is 9.54. The highest BCUT2D eigenvalue weighted by atomic mass is 16.5. The molecule has 4 rings (SSSR count). The Labute approximate surface area is 174 Å². The van der Waals surface area contributed by atoms with Gasteiger partial charge in [0, 0.05) is 25.8 Å². The van der Waals surface area contributed by atoms with E-state index in [0.29, 0.717) is 42.8 Å². The molecule has 7 nitrogen and oxygen atoms in total. The summed E-state index contributed by atoms with van der Waals surface area (Å²) in [5.74, 6) is 1.60. The number of hydrogen-bond donors (Lipinski definition) is 1. The molecule has 0 bridgehead atoms. The van der Waals surface area contributed by atoms with Crippen LogP contribution in [0.4, 0.5) is 5.82 Å². The van der Waals surface area contributed by atoms with Crippen LogP contribution in [0.25, 0.3) is 11.5 Å². The van der Waals surface area contributed by atoms with Crippen LogP contribution in [0.15, 0.2) is 71.4 Å². The Morgan fingerprint density at radius 3 is 2.63 bits per heavy atom. The maximum atomic E-state index is 5.82. The number of nitrogen functional groups attached to an aromatic ring is 1. The molecule has 2 N–H and O–H groups in total. The van der Waals surface area contributed by atoms with Crippen molar-refractivity contribution in [2.24, 2.45) is 0 Å². The smallest absolute Gasteiger partial charge is 0.213 e. The topological polar surface area (TPSA) is 96.3 Å². The number of nitrogens with two attached hydrogens (primary N) is 1. The van der Waals surface area contributed by atoms with Gasteiger partial charge in [-0.15, -0.1) is 0 Å². The van der Waals surface area contributed by atoms with E-state index in [1.54, 1.807) is 19.4 Å². The van der Waals surface area contributed by atoms with Crippen molar-refractivity contribution in [3.05, 3.63) is 89.2 Å². The van der Waals surface area contributed by atoms with Gasteiger partial charge in [-0.3, -0.25) is 0 Å². The van der Waals surface area contributed by atoms with E-state index in [1.807, 2.05) is 48.5 Å². The zero-order valence-electron chi connectivity index (χ0n) is 16.6. The summed E-state index contributed by atoms with van der Waals surface area (Å²) in [4.78, 5) is 8.52. The number of pyridine rings is 2. The van der Waals surface area contributed by atoms with Crippen molar-refractivity contribution < 1.29 is 14.0 Å². The molecule has 0 spiro atoms. The maximum Gasteiger partial charge on any atom is 0.213 e. The van der Waals surface area contributed by atoms with Gasteiger partial charge < -0.3 is 19.7 Å². The second kappa shape index (κ2) is 9.19. The van der Waals surface area contributed by atoms with E-state index in [4.69, 9.17) is 19.7 Å². The molecule has 30 heavy (non-hydrogen) atoms. The summed E-state index contributed by atoms with van der Waals surface area (Å²) < 4.78 is 16.7. The summed E-state index contributed by atoms with van der Waals surface area (Å²) in [7, 11) is 1.64. The lowest BCUT2D eigenvalue weighted by Crippen LogP contribution is -2.00. The van der Waals surface area contributed by atoms with Crippen molar-refractivity contribution in [3.8, 4) is 17.3 Å². The molecule has 0 fully saturated rings. The second-order valence-electron chi connectivity index (χ2n) is 6.77. The molecule has 0 aliphatic heterocycles. The molecule has 0 aliphatic rings. The highest BCUT2D eigenvalue weighted by molar-refractivity contribution is 5.59. The van der Waals surface area contributed by atoms with E-state index in [-0.39, 0.29) is 0 Å². The predicted molar refractivity (Wildman–Crippen MR) is 113 cm³/mol. The first-order valence-corrected chi connectivity index (χ1v) is 9.54. The van der Waals surface area contributed by atoms with E-state index in [2.05, 4.69) is 21.2 Å². The van der Waals surface area contributed by atoms with Crippen LogP contribution in [0.2, 0.25) is 0 Å². The van der Waals surface area contributed by atoms with Gasteiger partial charge in [0.1, 0.15) is 18.1 Å². The summed E-state index contributed by atoms with van der Waals surface area (Å²) in [6.07, 6.45) is 2.31. The monoisotopic (exact) mass is 402 g/mol. The summed E-state index contributed by atoms with van der Waals surface area (Å²) >= 11 is 0. The van der Waals surface area contributed by atoms with E-state index in [9.17, 15) is 0 Å². The van der Waals surface area contributed by atoms with Gasteiger partial charge in [-0.2, -0.15) is 0 Å². The second-order valence-corrected chi connectivity index (χ2v) is 6.77. The predicted octanol–water partition coefficient (Wildman–Crippen LogP) is 4.03. The fraction of sp³-hybridized carbons (Fsp3) is 0.174. The normalized spacial score (nSPS) is 10.8. The van der Waals surface area contributed by atoms with Gasteiger partial charge in [-0.25, -0.2) is 9.97 Å². The molecule has 0 saturated carbocycles. The Bertz CT molecular complexity index is 1110. The number of rotatable bonds is 8. The Morgan fingerprint density at radius 2 is 1.83 bits per heavy atom. The van der Waals surface area contributed by atoms with Crippen LogP contribution in [0.5, 0.6) is 5.88 Å². The standard InChI is InChI=1S/C23H22N4O3/c1-28-15-18-20(27-30-23(18)19-8-5-9-21(24)26-19)13-16-6-4-7-17(12-16)14-29-22-10-2-3-11-25-22/h2-12H,13-15H2,1H3,(H2,24,26). The molecule has 0 aliphatic carbocycles. The Balaban J connectivity index is 1.54. The minimum Gasteiger partial charge on any atom is -0.473 e. The van der Waals surface area contributed by atoms with Crippen molar-refractivity contribution in [2.45, 2.75) is 19.6 Å². The zero-order chi connectivity index (χ0) is 20.8. The third kappa shape index (κ3) is 4.64. The fourth-order valence-corrected chi connectivity index (χ4v) is 3.17. The van der Waals surface area contributed by atoms with E-state index < -0.39 is 0 Å². The van der Waals surface area contributed by atoms with Crippen LogP contribution in [0, 0.1) is 0 Å². The number of ether oxygens (including phenoxy) is 2. The van der Waals surface area contributed by atoms with Gasteiger partial charge in [0.2, 0.25) is 5.88 Å². The molecule has 152 valence electrons. The number of benzene rings is 1. The molecule has 3 aromatic heterocycles. The highest BCUT2D eigenvalue weighted by Crippen LogP contribution is 2.28. The molecule has 0 amide bonds. The third-order valence-corrected chi connectivity index (χ3v) is 4.55. The summed E-state index contributed by atoms with van der Waals surface area (Å²) in [5, 5.41) is 4.28. The Morgan fingerprint density at radius 1 is 0.967 bits per heavy atom. The number of aromatic nitrogens is 3. The number of nitrogens with zero attached hydrogens (tertiary/aromatic N) is 3. The fourth-order valence-electron chi connectivity index (χ4n) is 3.17. The van der Waals surface area contributed by atoms with Crippen molar-refractivity contribution in [1.29, 1.82) is 0 Å². The molecule has 4 aromatic rings. The van der Waals surface area contributed by atoms with Crippen molar-refractivity contribution >= 4 is 5.82 Å². The number of hydrogen-bond acceptors (Lipinski definition) is 7. The van der Waals surface area contributed by atoms with Crippen LogP contribution in [-0.4, -0.2) is 22.2 Å². The van der Waals surface area contributed by atoms with Crippen molar-refractivity contribution in [3.63, 3.8) is 0 Å². The van der Waals surface area contributed by atoms with Gasteiger partial charge >= 0.3 is 0 Å². The summed E-state index contributed by atoms with van der Waals surface area (Å²) in [6, 6.07) is 19.2. The van der Waals surface area contributed by atoms with Crippen LogP contribution >= 0.6 is 0 Å². The lowest BCUT2D eigenvalue weighted by molar-refractivity contribution is 0.184. The Kier molecular flexibility index (Phi) is 6.01. The molecule has 0 atom stereocenters. The van der Waals surface area contributed by atoms with Crippen LogP contribution in [0.1, 0.15) is 22.4 Å². The average Bonchev–Trinajstić information content (AvgIpc) is 3.16. The maximum absolute atomic E-state index is 5.82. The third-order valence-electron chi connectivity index (χ3n) is 4.55. The lowest BCUT2D eigenvalue weighted by Gasteiger charge is -2.07. The molecule has 0 radical (unpaired) electrons. The highest BCUT2D eigenvalue weighted by Gasteiger charge is 2.19. The Hall–Kier alpha value is -3.71. The molecule has 0 unspecified atom stereocenters. The van der Waals surface area contributed by atoms with E-state index in [0.717, 1.165) is 22.4 Å². The quantitative estimate of drug-likeness (QED) is 0.475. The van der Waals surface area contributed by atoms with E-state index in [1.165, 1.54) is 0 Å². The number of methoxy groups -OCH3 is 1. The molecule has 1 aromatic carbocycles. The van der Waals surface area contributed by atoms with Crippen molar-refractivity contribution in [1.82, 2.24) is 15.1 Å². The van der Waals surface area contributed by atoms with Gasteiger partial charge in [0.05, 0.1) is 17.9 Å². The van der Waals surface area contributed by atoms with Gasteiger partial charge in [-0.1, -0.05) is 41.6 Å². The van der Waals surface area contributed by atoms with Crippen LogP contribution < -0.4 is 10.5 Å². The molecule has 0 saturated heterocycles. The minimum atomic E-state index is 0.368. The lowest BCUT2D eigenvalue weighted by atomic mass is 10.0. The van der Waals surface area contributed by atoms with Gasteiger partial charge in [0.25, 0.3) is 0 Å². The zero-order valence-corrected chi connectivity index (χ0v) is 16.6. The van der Waals surface area contributed by atoms with Gasteiger partial charge in [-0.05, 0) is 29.3 Å². The molecular formula is C23H22N4O3. The molecule has 3 heterocycles. The SMILES string of the molecule is COCc1c(Cc2cccc(COc3ccccn3)c2)noc1-c1cccc(N)n1. The average molecular weight is 402 g/mol. The number of anilines is 1. The largest absolute Gasteiger partial charge is 0.473 e. The van der Waals surface area contributed by atoms with Crippen LogP contribution in [0.3, 0.4) is 0 Å². The van der Waals surface area contributed by atoms with E-state index >= 15 is 0 Å².